The van der Waals surface area contributed by atoms with Gasteiger partial charge in [0.05, 0.1) is 18.0 Å². The van der Waals surface area contributed by atoms with Gasteiger partial charge >= 0.3 is 0 Å². The molecule has 1 aromatic heterocycles. The first-order valence-electron chi connectivity index (χ1n) is 6.44. The molecule has 1 rings (SSSR count). The van der Waals surface area contributed by atoms with Crippen molar-refractivity contribution in [3.8, 4) is 5.88 Å². The minimum absolute atomic E-state index is 0.0693. The third kappa shape index (κ3) is 5.68. The van der Waals surface area contributed by atoms with Crippen molar-refractivity contribution < 1.29 is 22.7 Å². The van der Waals surface area contributed by atoms with Gasteiger partial charge in [0, 0.05) is 13.3 Å². The second-order valence-electron chi connectivity index (χ2n) is 4.78. The maximum absolute atomic E-state index is 12.1. The molecule has 0 saturated carbocycles. The predicted molar refractivity (Wildman–Crippen MR) is 77.7 cm³/mol. The molecular weight excluding hydrogens is 296 g/mol. The van der Waals surface area contributed by atoms with Gasteiger partial charge in [0.2, 0.25) is 15.9 Å². The molecule has 7 nitrogen and oxygen atoms in total. The van der Waals surface area contributed by atoms with E-state index in [-0.39, 0.29) is 23.3 Å². The lowest BCUT2D eigenvalue weighted by atomic mass is 10.2. The molecule has 1 atom stereocenters. The molecule has 118 valence electrons. The van der Waals surface area contributed by atoms with E-state index < -0.39 is 22.0 Å². The number of sulfonamides is 1. The highest BCUT2D eigenvalue weighted by molar-refractivity contribution is 7.90. The molecule has 1 amide bonds. The van der Waals surface area contributed by atoms with Crippen LogP contribution in [0.4, 0.5) is 0 Å². The zero-order chi connectivity index (χ0) is 16.0. The third-order valence-electron chi connectivity index (χ3n) is 2.47. The van der Waals surface area contributed by atoms with E-state index in [0.29, 0.717) is 0 Å². The van der Waals surface area contributed by atoms with E-state index in [2.05, 4.69) is 4.98 Å². The lowest BCUT2D eigenvalue weighted by Crippen LogP contribution is -2.36. The Morgan fingerprint density at radius 2 is 2.05 bits per heavy atom. The zero-order valence-electron chi connectivity index (χ0n) is 12.5. The number of rotatable bonds is 7. The third-order valence-corrected chi connectivity index (χ3v) is 3.87. The molecule has 0 aromatic carbocycles. The van der Waals surface area contributed by atoms with Gasteiger partial charge in [-0.25, -0.2) is 18.1 Å². The van der Waals surface area contributed by atoms with Gasteiger partial charge < -0.3 is 9.47 Å². The van der Waals surface area contributed by atoms with Gasteiger partial charge in [0.25, 0.3) is 5.91 Å². The Kier molecular flexibility index (Phi) is 6.10. The van der Waals surface area contributed by atoms with Crippen molar-refractivity contribution in [2.24, 2.45) is 0 Å². The molecular formula is C13H20N2O5S. The smallest absolute Gasteiger partial charge is 0.270 e. The van der Waals surface area contributed by atoms with Crippen LogP contribution in [0.1, 0.15) is 31.1 Å². The molecule has 1 heterocycles. The highest BCUT2D eigenvalue weighted by Crippen LogP contribution is 2.16. The summed E-state index contributed by atoms with van der Waals surface area (Å²) in [5.74, 6) is -0.988. The number of methoxy groups -OCH3 is 1. The van der Waals surface area contributed by atoms with E-state index in [1.54, 1.807) is 20.8 Å². The predicted octanol–water partition coefficient (Wildman–Crippen LogP) is 0.963. The van der Waals surface area contributed by atoms with E-state index in [1.807, 2.05) is 4.72 Å². The second kappa shape index (κ2) is 7.37. The molecule has 8 heteroatoms. The first-order chi connectivity index (χ1) is 9.75. The summed E-state index contributed by atoms with van der Waals surface area (Å²) < 4.78 is 35.9. The van der Waals surface area contributed by atoms with E-state index in [4.69, 9.17) is 9.47 Å². The van der Waals surface area contributed by atoms with Crippen LogP contribution >= 0.6 is 0 Å². The lowest BCUT2D eigenvalue weighted by Gasteiger charge is -2.14. The van der Waals surface area contributed by atoms with Crippen molar-refractivity contribution in [1.29, 1.82) is 0 Å². The molecule has 0 bridgehead atoms. The van der Waals surface area contributed by atoms with E-state index in [9.17, 15) is 13.2 Å². The number of nitrogens with one attached hydrogen (secondary N) is 1. The molecule has 0 aliphatic carbocycles. The van der Waals surface area contributed by atoms with E-state index in [0.717, 1.165) is 0 Å². The molecule has 0 fully saturated rings. The number of aromatic nitrogens is 1. The molecule has 1 aromatic rings. The zero-order valence-corrected chi connectivity index (χ0v) is 13.3. The van der Waals surface area contributed by atoms with Crippen LogP contribution in [-0.4, -0.2) is 44.4 Å². The first kappa shape index (κ1) is 17.4. The molecule has 0 unspecified atom stereocenters. The SMILES string of the molecule is CO[C@@H](C)CS(=O)(=O)NC(=O)c1cccnc1OC(C)C. The summed E-state index contributed by atoms with van der Waals surface area (Å²) in [6, 6.07) is 2.99. The van der Waals surface area contributed by atoms with Crippen LogP contribution in [0.3, 0.4) is 0 Å². The second-order valence-corrected chi connectivity index (χ2v) is 6.55. The maximum Gasteiger partial charge on any atom is 0.270 e. The number of pyridine rings is 1. The number of amides is 1. The Morgan fingerprint density at radius 3 is 2.62 bits per heavy atom. The van der Waals surface area contributed by atoms with Gasteiger partial charge in [-0.15, -0.1) is 0 Å². The molecule has 0 saturated heterocycles. The average Bonchev–Trinajstić information content (AvgIpc) is 2.37. The van der Waals surface area contributed by atoms with Crippen LogP contribution in [0.25, 0.3) is 0 Å². The van der Waals surface area contributed by atoms with Crippen molar-refractivity contribution in [3.05, 3.63) is 23.9 Å². The lowest BCUT2D eigenvalue weighted by molar-refractivity contribution is 0.0973. The maximum atomic E-state index is 12.1. The highest BCUT2D eigenvalue weighted by atomic mass is 32.2. The van der Waals surface area contributed by atoms with Gasteiger partial charge in [-0.1, -0.05) is 0 Å². The van der Waals surface area contributed by atoms with E-state index >= 15 is 0 Å². The van der Waals surface area contributed by atoms with Crippen molar-refractivity contribution in [3.63, 3.8) is 0 Å². The number of ether oxygens (including phenoxy) is 2. The quantitative estimate of drug-likeness (QED) is 0.805. The fraction of sp³-hybridized carbons (Fsp3) is 0.538. The van der Waals surface area contributed by atoms with Crippen molar-refractivity contribution in [2.45, 2.75) is 33.0 Å². The summed E-state index contributed by atoms with van der Waals surface area (Å²) in [6.45, 7) is 5.17. The van der Waals surface area contributed by atoms with E-state index in [1.165, 1.54) is 25.4 Å². The number of nitrogens with zero attached hydrogens (tertiary/aromatic N) is 1. The van der Waals surface area contributed by atoms with Gasteiger partial charge in [0.1, 0.15) is 5.56 Å². The van der Waals surface area contributed by atoms with Crippen LogP contribution in [-0.2, 0) is 14.8 Å². The summed E-state index contributed by atoms with van der Waals surface area (Å²) in [5, 5.41) is 0. The van der Waals surface area contributed by atoms with Crippen LogP contribution in [0.2, 0.25) is 0 Å². The Hall–Kier alpha value is -1.67. The number of carbonyl (C=O) groups is 1. The van der Waals surface area contributed by atoms with Gasteiger partial charge in [0.15, 0.2) is 0 Å². The average molecular weight is 316 g/mol. The van der Waals surface area contributed by atoms with Crippen LogP contribution in [0.5, 0.6) is 5.88 Å². The standard InChI is InChI=1S/C13H20N2O5S/c1-9(2)20-13-11(6-5-7-14-13)12(16)15-21(17,18)8-10(3)19-4/h5-7,9-10H,8H2,1-4H3,(H,15,16)/t10-/m0/s1. The van der Waals surface area contributed by atoms with Crippen molar-refractivity contribution in [2.75, 3.05) is 12.9 Å². The normalized spacial score (nSPS) is 13.0. The molecule has 0 spiro atoms. The summed E-state index contributed by atoms with van der Waals surface area (Å²) >= 11 is 0. The van der Waals surface area contributed by atoms with Gasteiger partial charge in [-0.2, -0.15) is 0 Å². The van der Waals surface area contributed by atoms with Crippen LogP contribution in [0.15, 0.2) is 18.3 Å². The molecule has 1 N–H and O–H groups in total. The Balaban J connectivity index is 2.90. The molecule has 0 radical (unpaired) electrons. The van der Waals surface area contributed by atoms with Gasteiger partial charge in [-0.05, 0) is 32.9 Å². The largest absolute Gasteiger partial charge is 0.474 e. The first-order valence-corrected chi connectivity index (χ1v) is 8.09. The van der Waals surface area contributed by atoms with Crippen molar-refractivity contribution in [1.82, 2.24) is 9.71 Å². The summed E-state index contributed by atoms with van der Waals surface area (Å²) in [4.78, 5) is 16.0. The number of hydrogen-bond acceptors (Lipinski definition) is 6. The summed E-state index contributed by atoms with van der Waals surface area (Å²) in [5.41, 5.74) is 0.0693. The molecule has 0 aliphatic heterocycles. The topological polar surface area (TPSA) is 94.6 Å². The van der Waals surface area contributed by atoms with Crippen molar-refractivity contribution >= 4 is 15.9 Å². The van der Waals surface area contributed by atoms with Gasteiger partial charge in [-0.3, -0.25) is 4.79 Å². The minimum Gasteiger partial charge on any atom is -0.474 e. The summed E-state index contributed by atoms with van der Waals surface area (Å²) in [6.07, 6.45) is 0.767. The molecule has 0 aliphatic rings. The van der Waals surface area contributed by atoms with Crippen LogP contribution in [0, 0.1) is 0 Å². The highest BCUT2D eigenvalue weighted by Gasteiger charge is 2.22. The summed E-state index contributed by atoms with van der Waals surface area (Å²) in [7, 11) is -2.39. The fourth-order valence-electron chi connectivity index (χ4n) is 1.50. The molecule has 21 heavy (non-hydrogen) atoms. The fourth-order valence-corrected chi connectivity index (χ4v) is 2.73. The minimum atomic E-state index is -3.79. The Bertz CT molecular complexity index is 586. The van der Waals surface area contributed by atoms with Crippen LogP contribution < -0.4 is 9.46 Å². The Morgan fingerprint density at radius 1 is 1.38 bits per heavy atom. The Labute approximate surface area is 124 Å². The monoisotopic (exact) mass is 316 g/mol. The number of hydrogen-bond donors (Lipinski definition) is 1. The number of carbonyl (C=O) groups excluding carboxylic acids is 1.